The van der Waals surface area contributed by atoms with E-state index in [-0.39, 0.29) is 11.3 Å². The number of carbonyl (C=O) groups excluding carboxylic acids is 1. The number of likely N-dealkylation sites (tertiary alicyclic amines) is 1. The van der Waals surface area contributed by atoms with Crippen molar-refractivity contribution in [3.8, 4) is 0 Å². The molecule has 1 heterocycles. The minimum Gasteiger partial charge on any atom is -0.337 e. The zero-order valence-electron chi connectivity index (χ0n) is 9.66. The first kappa shape index (κ1) is 11.5. The molecule has 1 aliphatic heterocycles. The van der Waals surface area contributed by atoms with E-state index in [9.17, 15) is 4.79 Å². The van der Waals surface area contributed by atoms with Crippen molar-refractivity contribution in [1.82, 2.24) is 4.90 Å². The molecule has 0 N–H and O–H groups in total. The number of halogens is 1. The Bertz CT molecular complexity index is 416. The lowest BCUT2D eigenvalue weighted by Gasteiger charge is -2.17. The van der Waals surface area contributed by atoms with Gasteiger partial charge in [0.15, 0.2) is 0 Å². The summed E-state index contributed by atoms with van der Waals surface area (Å²) in [4.78, 5) is 14.0. The van der Waals surface area contributed by atoms with E-state index in [4.69, 9.17) is 11.6 Å². The SMILES string of the molecule is Cc1ccc(C(=O)N2CCC(Cl)C2)c(C)c1. The minimum absolute atomic E-state index is 0.112. The van der Waals surface area contributed by atoms with Crippen LogP contribution in [-0.2, 0) is 0 Å². The molecule has 2 nitrogen and oxygen atoms in total. The summed E-state index contributed by atoms with van der Waals surface area (Å²) < 4.78 is 0. The van der Waals surface area contributed by atoms with Gasteiger partial charge >= 0.3 is 0 Å². The van der Waals surface area contributed by atoms with Gasteiger partial charge in [-0.3, -0.25) is 4.79 Å². The molecule has 3 heteroatoms. The topological polar surface area (TPSA) is 20.3 Å². The molecule has 1 aromatic rings. The Morgan fingerprint density at radius 3 is 2.75 bits per heavy atom. The average Bonchev–Trinajstić information content (AvgIpc) is 2.64. The number of rotatable bonds is 1. The highest BCUT2D eigenvalue weighted by Gasteiger charge is 2.26. The van der Waals surface area contributed by atoms with E-state index in [2.05, 4.69) is 0 Å². The first-order valence-electron chi connectivity index (χ1n) is 5.58. The van der Waals surface area contributed by atoms with E-state index in [1.807, 2.05) is 36.9 Å². The van der Waals surface area contributed by atoms with Crippen LogP contribution in [-0.4, -0.2) is 29.3 Å². The third-order valence-electron chi connectivity index (χ3n) is 3.03. The van der Waals surface area contributed by atoms with Gasteiger partial charge in [0.1, 0.15) is 0 Å². The van der Waals surface area contributed by atoms with Crippen LogP contribution in [0.5, 0.6) is 0 Å². The molecule has 16 heavy (non-hydrogen) atoms. The second-order valence-electron chi connectivity index (χ2n) is 4.46. The Morgan fingerprint density at radius 2 is 2.19 bits per heavy atom. The average molecular weight is 238 g/mol. The molecular weight excluding hydrogens is 222 g/mol. The lowest BCUT2D eigenvalue weighted by Crippen LogP contribution is -2.29. The number of aryl methyl sites for hydroxylation is 2. The minimum atomic E-state index is 0.112. The molecule has 1 aromatic carbocycles. The van der Waals surface area contributed by atoms with Gasteiger partial charge in [0.2, 0.25) is 0 Å². The highest BCUT2D eigenvalue weighted by Crippen LogP contribution is 2.19. The normalized spacial score (nSPS) is 20.2. The zero-order valence-corrected chi connectivity index (χ0v) is 10.4. The van der Waals surface area contributed by atoms with Crippen LogP contribution in [0.15, 0.2) is 18.2 Å². The standard InChI is InChI=1S/C13H16ClNO/c1-9-3-4-12(10(2)7-9)13(16)15-6-5-11(14)8-15/h3-4,7,11H,5-6,8H2,1-2H3. The van der Waals surface area contributed by atoms with Crippen molar-refractivity contribution in [3.63, 3.8) is 0 Å². The van der Waals surface area contributed by atoms with E-state index < -0.39 is 0 Å². The lowest BCUT2D eigenvalue weighted by atomic mass is 10.0. The fourth-order valence-electron chi connectivity index (χ4n) is 2.13. The quantitative estimate of drug-likeness (QED) is 0.688. The molecule has 2 rings (SSSR count). The third-order valence-corrected chi connectivity index (χ3v) is 3.39. The van der Waals surface area contributed by atoms with Crippen molar-refractivity contribution in [2.45, 2.75) is 25.6 Å². The molecule has 0 aromatic heterocycles. The van der Waals surface area contributed by atoms with Gasteiger partial charge in [0.05, 0.1) is 5.38 Å². The monoisotopic (exact) mass is 237 g/mol. The predicted molar refractivity (Wildman–Crippen MR) is 66.1 cm³/mol. The van der Waals surface area contributed by atoms with Crippen LogP contribution in [0.4, 0.5) is 0 Å². The number of carbonyl (C=O) groups is 1. The predicted octanol–water partition coefficient (Wildman–Crippen LogP) is 2.76. The Kier molecular flexibility index (Phi) is 3.20. The summed E-state index contributed by atoms with van der Waals surface area (Å²) >= 11 is 6.01. The first-order valence-corrected chi connectivity index (χ1v) is 6.02. The number of hydrogen-bond donors (Lipinski definition) is 0. The Labute approximate surface area is 101 Å². The summed E-state index contributed by atoms with van der Waals surface area (Å²) in [6.45, 7) is 5.47. The molecule has 1 unspecified atom stereocenters. The molecule has 0 bridgehead atoms. The highest BCUT2D eigenvalue weighted by atomic mass is 35.5. The molecule has 1 saturated heterocycles. The molecule has 1 aliphatic rings. The summed E-state index contributed by atoms with van der Waals surface area (Å²) in [6, 6.07) is 5.94. The maximum atomic E-state index is 12.2. The highest BCUT2D eigenvalue weighted by molar-refractivity contribution is 6.21. The van der Waals surface area contributed by atoms with E-state index in [1.54, 1.807) is 0 Å². The second kappa shape index (κ2) is 4.46. The van der Waals surface area contributed by atoms with Crippen LogP contribution in [0, 0.1) is 13.8 Å². The van der Waals surface area contributed by atoms with Crippen molar-refractivity contribution in [2.75, 3.05) is 13.1 Å². The Hall–Kier alpha value is -1.02. The van der Waals surface area contributed by atoms with Crippen molar-refractivity contribution in [1.29, 1.82) is 0 Å². The Morgan fingerprint density at radius 1 is 1.44 bits per heavy atom. The largest absolute Gasteiger partial charge is 0.337 e. The van der Waals surface area contributed by atoms with Crippen LogP contribution in [0.3, 0.4) is 0 Å². The van der Waals surface area contributed by atoms with Crippen LogP contribution in [0.2, 0.25) is 0 Å². The number of nitrogens with zero attached hydrogens (tertiary/aromatic N) is 1. The molecule has 0 aliphatic carbocycles. The number of alkyl halides is 1. The summed E-state index contributed by atoms with van der Waals surface area (Å²) in [5.41, 5.74) is 3.03. The van der Waals surface area contributed by atoms with Crippen molar-refractivity contribution in [2.24, 2.45) is 0 Å². The summed E-state index contributed by atoms with van der Waals surface area (Å²) in [5, 5.41) is 0.120. The maximum absolute atomic E-state index is 12.2. The van der Waals surface area contributed by atoms with Gasteiger partial charge in [-0.05, 0) is 31.9 Å². The molecule has 0 saturated carbocycles. The van der Waals surface area contributed by atoms with Gasteiger partial charge in [-0.15, -0.1) is 11.6 Å². The van der Waals surface area contributed by atoms with E-state index in [0.717, 1.165) is 24.1 Å². The Balaban J connectivity index is 2.21. The molecule has 1 fully saturated rings. The lowest BCUT2D eigenvalue weighted by molar-refractivity contribution is 0.0792. The molecule has 86 valence electrons. The first-order chi connectivity index (χ1) is 7.58. The van der Waals surface area contributed by atoms with Crippen molar-refractivity contribution < 1.29 is 4.79 Å². The number of benzene rings is 1. The maximum Gasteiger partial charge on any atom is 0.254 e. The molecule has 0 spiro atoms. The van der Waals surface area contributed by atoms with Crippen molar-refractivity contribution in [3.05, 3.63) is 34.9 Å². The van der Waals surface area contributed by atoms with Gasteiger partial charge in [-0.1, -0.05) is 17.7 Å². The zero-order chi connectivity index (χ0) is 11.7. The third kappa shape index (κ3) is 2.22. The molecule has 0 radical (unpaired) electrons. The molecule has 1 atom stereocenters. The fourth-order valence-corrected chi connectivity index (χ4v) is 2.39. The summed E-state index contributed by atoms with van der Waals surface area (Å²) in [5.74, 6) is 0.112. The van der Waals surface area contributed by atoms with Crippen LogP contribution in [0.1, 0.15) is 27.9 Å². The van der Waals surface area contributed by atoms with Gasteiger partial charge in [-0.2, -0.15) is 0 Å². The fraction of sp³-hybridized carbons (Fsp3) is 0.462. The second-order valence-corrected chi connectivity index (χ2v) is 5.07. The number of hydrogen-bond acceptors (Lipinski definition) is 1. The molecule has 1 amide bonds. The molecular formula is C13H16ClNO. The van der Waals surface area contributed by atoms with Gasteiger partial charge in [-0.25, -0.2) is 0 Å². The van der Waals surface area contributed by atoms with Crippen LogP contribution in [0.25, 0.3) is 0 Å². The smallest absolute Gasteiger partial charge is 0.254 e. The van der Waals surface area contributed by atoms with Crippen molar-refractivity contribution >= 4 is 17.5 Å². The van der Waals surface area contributed by atoms with Crippen LogP contribution < -0.4 is 0 Å². The number of amides is 1. The van der Waals surface area contributed by atoms with Gasteiger partial charge in [0, 0.05) is 18.7 Å². The van der Waals surface area contributed by atoms with E-state index in [1.165, 1.54) is 5.56 Å². The van der Waals surface area contributed by atoms with E-state index >= 15 is 0 Å². The van der Waals surface area contributed by atoms with Crippen LogP contribution >= 0.6 is 11.6 Å². The van der Waals surface area contributed by atoms with E-state index in [0.29, 0.717) is 6.54 Å². The summed E-state index contributed by atoms with van der Waals surface area (Å²) in [6.07, 6.45) is 0.901. The van der Waals surface area contributed by atoms with Gasteiger partial charge < -0.3 is 4.90 Å². The summed E-state index contributed by atoms with van der Waals surface area (Å²) in [7, 11) is 0. The van der Waals surface area contributed by atoms with Gasteiger partial charge in [0.25, 0.3) is 5.91 Å².